The zero-order valence-corrected chi connectivity index (χ0v) is 20.1. The van der Waals surface area contributed by atoms with E-state index in [-0.39, 0.29) is 22.6 Å². The van der Waals surface area contributed by atoms with Crippen molar-refractivity contribution in [2.45, 2.75) is 62.3 Å². The Morgan fingerprint density at radius 2 is 1.70 bits per heavy atom. The quantitative estimate of drug-likeness (QED) is 0.651. The molecule has 0 radical (unpaired) electrons. The highest BCUT2D eigenvalue weighted by molar-refractivity contribution is 7.89. The lowest BCUT2D eigenvalue weighted by molar-refractivity contribution is 0.0690. The fraction of sp³-hybridized carbons (Fsp3) is 0.500. The molecule has 1 amide bonds. The number of nitrogens with one attached hydrogen (secondary N) is 1. The van der Waals surface area contributed by atoms with Gasteiger partial charge in [-0.25, -0.2) is 13.1 Å². The molecule has 1 N–H and O–H groups in total. The van der Waals surface area contributed by atoms with Crippen LogP contribution >= 0.6 is 0 Å². The maximum absolute atomic E-state index is 13.2. The molecule has 2 aromatic carbocycles. The van der Waals surface area contributed by atoms with E-state index in [1.54, 1.807) is 12.1 Å². The van der Waals surface area contributed by atoms with Gasteiger partial charge < -0.3 is 9.64 Å². The van der Waals surface area contributed by atoms with Crippen LogP contribution in [0.5, 0.6) is 5.75 Å². The number of ether oxygens (including phenoxy) is 1. The minimum absolute atomic E-state index is 0.0420. The van der Waals surface area contributed by atoms with Gasteiger partial charge in [0.2, 0.25) is 10.0 Å². The highest BCUT2D eigenvalue weighted by Gasteiger charge is 2.28. The van der Waals surface area contributed by atoms with Gasteiger partial charge in [-0.15, -0.1) is 0 Å². The molecule has 4 rings (SSSR count). The van der Waals surface area contributed by atoms with Crippen molar-refractivity contribution >= 4 is 15.9 Å². The van der Waals surface area contributed by atoms with Gasteiger partial charge in [-0.2, -0.15) is 0 Å². The molecule has 1 saturated carbocycles. The number of benzene rings is 2. The Morgan fingerprint density at radius 3 is 2.36 bits per heavy atom. The number of piperidine rings is 1. The number of hydrogen-bond acceptors (Lipinski definition) is 4. The Bertz CT molecular complexity index is 1040. The molecule has 1 aliphatic carbocycles. The van der Waals surface area contributed by atoms with Crippen LogP contribution < -0.4 is 9.46 Å². The smallest absolute Gasteiger partial charge is 0.253 e. The number of carbonyl (C=O) groups is 1. The predicted octanol–water partition coefficient (Wildman–Crippen LogP) is 4.40. The molecule has 2 aliphatic rings. The molecule has 2 aromatic rings. The second kappa shape index (κ2) is 10.7. The van der Waals surface area contributed by atoms with E-state index in [0.717, 1.165) is 51.4 Å². The average molecular weight is 471 g/mol. The van der Waals surface area contributed by atoms with Crippen LogP contribution in [-0.2, 0) is 16.4 Å². The Labute approximate surface area is 197 Å². The SMILES string of the molecule is COc1ccc(C(=O)N2CCC(Cc3ccccc3)CC2)cc1S(=O)(=O)NC1CCCCC1. The van der Waals surface area contributed by atoms with Gasteiger partial charge in [-0.05, 0) is 61.8 Å². The Morgan fingerprint density at radius 1 is 1.00 bits per heavy atom. The maximum Gasteiger partial charge on any atom is 0.253 e. The summed E-state index contributed by atoms with van der Waals surface area (Å²) >= 11 is 0. The molecular formula is C26H34N2O4S. The molecule has 0 bridgehead atoms. The van der Waals surface area contributed by atoms with Crippen LogP contribution in [0, 0.1) is 5.92 Å². The fourth-order valence-electron chi connectivity index (χ4n) is 4.99. The summed E-state index contributed by atoms with van der Waals surface area (Å²) in [5.74, 6) is 0.698. The van der Waals surface area contributed by atoms with Crippen molar-refractivity contribution in [3.8, 4) is 5.75 Å². The molecule has 0 unspecified atom stereocenters. The topological polar surface area (TPSA) is 75.7 Å². The number of nitrogens with zero attached hydrogens (tertiary/aromatic N) is 1. The lowest BCUT2D eigenvalue weighted by atomic mass is 9.90. The Balaban J connectivity index is 1.44. The van der Waals surface area contributed by atoms with E-state index in [9.17, 15) is 13.2 Å². The number of carbonyl (C=O) groups excluding carboxylic acids is 1. The molecule has 6 nitrogen and oxygen atoms in total. The van der Waals surface area contributed by atoms with E-state index in [2.05, 4.69) is 29.0 Å². The number of likely N-dealkylation sites (tertiary alicyclic amines) is 1. The summed E-state index contributed by atoms with van der Waals surface area (Å²) < 4.78 is 34.4. The third-order valence-electron chi connectivity index (χ3n) is 6.90. The molecule has 2 fully saturated rings. The minimum atomic E-state index is -3.78. The largest absolute Gasteiger partial charge is 0.495 e. The summed E-state index contributed by atoms with van der Waals surface area (Å²) in [7, 11) is -2.33. The van der Waals surface area contributed by atoms with Gasteiger partial charge in [0.25, 0.3) is 5.91 Å². The van der Waals surface area contributed by atoms with Crippen molar-refractivity contribution in [2.75, 3.05) is 20.2 Å². The number of hydrogen-bond donors (Lipinski definition) is 1. The van der Waals surface area contributed by atoms with Gasteiger partial charge in [0, 0.05) is 24.7 Å². The molecule has 0 spiro atoms. The van der Waals surface area contributed by atoms with Crippen LogP contribution in [0.3, 0.4) is 0 Å². The van der Waals surface area contributed by atoms with Crippen LogP contribution in [0.1, 0.15) is 60.9 Å². The van der Waals surface area contributed by atoms with Crippen LogP contribution in [-0.4, -0.2) is 45.5 Å². The van der Waals surface area contributed by atoms with Gasteiger partial charge in [0.05, 0.1) is 7.11 Å². The van der Waals surface area contributed by atoms with E-state index in [4.69, 9.17) is 4.74 Å². The van der Waals surface area contributed by atoms with Gasteiger partial charge in [0.15, 0.2) is 0 Å². The summed E-state index contributed by atoms with van der Waals surface area (Å²) in [6.07, 6.45) is 7.83. The number of methoxy groups -OCH3 is 1. The zero-order valence-electron chi connectivity index (χ0n) is 19.3. The number of amides is 1. The standard InChI is InChI=1S/C26H34N2O4S/c1-32-24-13-12-22(19-25(24)33(30,31)27-23-10-6-3-7-11-23)26(29)28-16-14-21(15-17-28)18-20-8-4-2-5-9-20/h2,4-5,8-9,12-13,19,21,23,27H,3,6-7,10-11,14-18H2,1H3. The first-order chi connectivity index (χ1) is 16.0. The zero-order chi connectivity index (χ0) is 23.3. The van der Waals surface area contributed by atoms with Gasteiger partial charge in [0.1, 0.15) is 10.6 Å². The Kier molecular flexibility index (Phi) is 7.71. The van der Waals surface area contributed by atoms with Gasteiger partial charge in [-0.1, -0.05) is 49.6 Å². The fourth-order valence-corrected chi connectivity index (χ4v) is 6.49. The maximum atomic E-state index is 13.2. The first-order valence-electron chi connectivity index (χ1n) is 12.0. The first-order valence-corrected chi connectivity index (χ1v) is 13.5. The third kappa shape index (κ3) is 5.95. The summed E-state index contributed by atoms with van der Waals surface area (Å²) in [5, 5.41) is 0. The van der Waals surface area contributed by atoms with Crippen LogP contribution in [0.4, 0.5) is 0 Å². The lowest BCUT2D eigenvalue weighted by Crippen LogP contribution is -2.39. The second-order valence-corrected chi connectivity index (χ2v) is 10.9. The van der Waals surface area contributed by atoms with Crippen molar-refractivity contribution in [3.63, 3.8) is 0 Å². The van der Waals surface area contributed by atoms with Crippen molar-refractivity contribution in [3.05, 3.63) is 59.7 Å². The van der Waals surface area contributed by atoms with E-state index in [0.29, 0.717) is 24.6 Å². The van der Waals surface area contributed by atoms with Crippen LogP contribution in [0.25, 0.3) is 0 Å². The highest BCUT2D eigenvalue weighted by Crippen LogP contribution is 2.29. The van der Waals surface area contributed by atoms with Gasteiger partial charge >= 0.3 is 0 Å². The van der Waals surface area contributed by atoms with E-state index in [1.807, 2.05) is 11.0 Å². The first kappa shape index (κ1) is 23.8. The van der Waals surface area contributed by atoms with Crippen molar-refractivity contribution in [1.29, 1.82) is 0 Å². The number of rotatable bonds is 7. The molecule has 33 heavy (non-hydrogen) atoms. The highest BCUT2D eigenvalue weighted by atomic mass is 32.2. The summed E-state index contributed by atoms with van der Waals surface area (Å²) in [4.78, 5) is 15.1. The van der Waals surface area contributed by atoms with Gasteiger partial charge in [-0.3, -0.25) is 4.79 Å². The van der Waals surface area contributed by atoms with Crippen molar-refractivity contribution in [1.82, 2.24) is 9.62 Å². The van der Waals surface area contributed by atoms with Crippen molar-refractivity contribution in [2.24, 2.45) is 5.92 Å². The minimum Gasteiger partial charge on any atom is -0.495 e. The lowest BCUT2D eigenvalue weighted by Gasteiger charge is -2.32. The molecule has 178 valence electrons. The van der Waals surface area contributed by atoms with Crippen molar-refractivity contribution < 1.29 is 17.9 Å². The third-order valence-corrected chi connectivity index (χ3v) is 8.44. The van der Waals surface area contributed by atoms with E-state index < -0.39 is 10.0 Å². The summed E-state index contributed by atoms with van der Waals surface area (Å²) in [6.45, 7) is 1.37. The van der Waals surface area contributed by atoms with Crippen LogP contribution in [0.15, 0.2) is 53.4 Å². The molecule has 1 heterocycles. The van der Waals surface area contributed by atoms with Crippen LogP contribution in [0.2, 0.25) is 0 Å². The average Bonchev–Trinajstić information content (AvgIpc) is 2.85. The predicted molar refractivity (Wildman–Crippen MR) is 129 cm³/mol. The Hall–Kier alpha value is -2.38. The second-order valence-electron chi connectivity index (χ2n) is 9.25. The molecule has 1 saturated heterocycles. The molecule has 0 aromatic heterocycles. The number of sulfonamides is 1. The molecule has 0 atom stereocenters. The molecule has 1 aliphatic heterocycles. The van der Waals surface area contributed by atoms with E-state index >= 15 is 0 Å². The monoisotopic (exact) mass is 470 g/mol. The summed E-state index contributed by atoms with van der Waals surface area (Å²) in [6, 6.07) is 15.1. The normalized spacial score (nSPS) is 18.3. The molecular weight excluding hydrogens is 436 g/mol. The summed E-state index contributed by atoms with van der Waals surface area (Å²) in [5.41, 5.74) is 1.72. The van der Waals surface area contributed by atoms with E-state index in [1.165, 1.54) is 18.7 Å². The molecule has 7 heteroatoms.